The van der Waals surface area contributed by atoms with E-state index in [1.54, 1.807) is 0 Å². The topological polar surface area (TPSA) is 51.1 Å². The van der Waals surface area contributed by atoms with E-state index >= 15 is 0 Å². The number of hydrogen-bond donors (Lipinski definition) is 2. The molecule has 1 saturated heterocycles. The van der Waals surface area contributed by atoms with E-state index in [0.717, 1.165) is 37.7 Å². The van der Waals surface area contributed by atoms with E-state index in [2.05, 4.69) is 33.3 Å². The Bertz CT molecular complexity index is 835. The number of nitrogens with zero attached hydrogens (tertiary/aromatic N) is 2. The Balaban J connectivity index is 1.25. The summed E-state index contributed by atoms with van der Waals surface area (Å²) < 4.78 is 48.2. The van der Waals surface area contributed by atoms with Gasteiger partial charge in [0.2, 0.25) is 0 Å². The Labute approximate surface area is 179 Å². The van der Waals surface area contributed by atoms with Crippen LogP contribution in [0.2, 0.25) is 0 Å². The average molecular weight is 443 g/mol. The average Bonchev–Trinajstić information content (AvgIpc) is 3.11. The van der Waals surface area contributed by atoms with Gasteiger partial charge in [-0.1, -0.05) is 6.07 Å². The Morgan fingerprint density at radius 1 is 1.23 bits per heavy atom. The molecule has 2 N–H and O–H groups in total. The molecule has 1 aliphatic heterocycles. The smallest absolute Gasteiger partial charge is 0.378 e. The van der Waals surface area contributed by atoms with Crippen LogP contribution in [0.15, 0.2) is 24.4 Å². The molecule has 5 nitrogen and oxygen atoms in total. The van der Waals surface area contributed by atoms with E-state index in [4.69, 9.17) is 4.74 Å². The molecule has 2 aliphatic rings. The summed E-state index contributed by atoms with van der Waals surface area (Å²) in [6.45, 7) is 1.93. The van der Waals surface area contributed by atoms with Gasteiger partial charge in [-0.2, -0.15) is 18.3 Å². The van der Waals surface area contributed by atoms with Gasteiger partial charge in [0.25, 0.3) is 0 Å². The molecule has 1 aromatic carbocycles. The second kappa shape index (κ2) is 9.46. The fourth-order valence-electron chi connectivity index (χ4n) is 4.65. The van der Waals surface area contributed by atoms with Crippen LogP contribution >= 0.6 is 11.9 Å². The van der Waals surface area contributed by atoms with Gasteiger partial charge in [0.15, 0.2) is 0 Å². The van der Waals surface area contributed by atoms with Gasteiger partial charge >= 0.3 is 5.51 Å². The molecule has 2 atom stereocenters. The maximum atomic E-state index is 12.5. The van der Waals surface area contributed by atoms with E-state index in [0.29, 0.717) is 25.5 Å². The normalized spacial score (nSPS) is 28.1. The van der Waals surface area contributed by atoms with Gasteiger partial charge in [-0.3, -0.25) is 9.40 Å². The van der Waals surface area contributed by atoms with E-state index < -0.39 is 5.51 Å². The Morgan fingerprint density at radius 3 is 2.80 bits per heavy atom. The largest absolute Gasteiger partial charge is 0.456 e. The molecule has 0 radical (unpaired) electrons. The molecule has 2 aromatic rings. The number of benzene rings is 1. The van der Waals surface area contributed by atoms with Crippen LogP contribution in [0, 0.1) is 5.92 Å². The lowest BCUT2D eigenvalue weighted by Gasteiger charge is -2.35. The molecule has 9 heteroatoms. The molecule has 30 heavy (non-hydrogen) atoms. The van der Waals surface area contributed by atoms with Crippen molar-refractivity contribution in [1.82, 2.24) is 19.8 Å². The summed E-state index contributed by atoms with van der Waals surface area (Å²) in [7, 11) is 1.95. The molecule has 2 fully saturated rings. The lowest BCUT2D eigenvalue weighted by atomic mass is 9.82. The summed E-state index contributed by atoms with van der Waals surface area (Å²) in [4.78, 5) is 0. The Kier molecular flexibility index (Phi) is 6.91. The van der Waals surface area contributed by atoms with Crippen molar-refractivity contribution in [3.63, 3.8) is 0 Å². The highest BCUT2D eigenvalue weighted by molar-refractivity contribution is 7.98. The van der Waals surface area contributed by atoms with Crippen molar-refractivity contribution in [3.8, 4) is 0 Å². The second-order valence-electron chi connectivity index (χ2n) is 8.42. The van der Waals surface area contributed by atoms with Crippen LogP contribution in [0.4, 0.5) is 13.2 Å². The number of aromatic nitrogens is 2. The third kappa shape index (κ3) is 5.49. The van der Waals surface area contributed by atoms with Gasteiger partial charge in [0, 0.05) is 42.9 Å². The SMILES string of the molecule is Cn1ncc2cc(C3CCC(OCC4CNCCC4NSC(F)(F)F)CC3)ccc21. The predicted molar refractivity (Wildman–Crippen MR) is 113 cm³/mol. The lowest BCUT2D eigenvalue weighted by Crippen LogP contribution is -2.48. The third-order valence-electron chi connectivity index (χ3n) is 6.40. The number of hydrogen-bond acceptors (Lipinski definition) is 5. The zero-order valence-corrected chi connectivity index (χ0v) is 17.9. The van der Waals surface area contributed by atoms with Crippen molar-refractivity contribution in [2.75, 3.05) is 19.7 Å². The Hall–Kier alpha value is -1.29. The molecule has 2 heterocycles. The molecule has 4 rings (SSSR count). The first-order chi connectivity index (χ1) is 14.4. The van der Waals surface area contributed by atoms with Gasteiger partial charge in [-0.05, 0) is 62.3 Å². The highest BCUT2D eigenvalue weighted by Crippen LogP contribution is 2.36. The van der Waals surface area contributed by atoms with E-state index in [1.165, 1.54) is 10.9 Å². The molecule has 2 unspecified atom stereocenters. The molecule has 0 spiro atoms. The number of halogens is 3. The first kappa shape index (κ1) is 21.9. The maximum absolute atomic E-state index is 12.5. The minimum absolute atomic E-state index is 0.0549. The number of alkyl halides is 3. The number of aryl methyl sites for hydroxylation is 1. The molecule has 1 aromatic heterocycles. The fraction of sp³-hybridized carbons (Fsp3) is 0.667. The van der Waals surface area contributed by atoms with E-state index in [-0.39, 0.29) is 30.0 Å². The lowest BCUT2D eigenvalue weighted by molar-refractivity contribution is -0.0347. The highest BCUT2D eigenvalue weighted by atomic mass is 32.2. The van der Waals surface area contributed by atoms with Crippen molar-refractivity contribution >= 4 is 22.9 Å². The summed E-state index contributed by atoms with van der Waals surface area (Å²) >= 11 is -0.134. The van der Waals surface area contributed by atoms with Crippen LogP contribution in [-0.2, 0) is 11.8 Å². The van der Waals surface area contributed by atoms with Crippen LogP contribution in [0.3, 0.4) is 0 Å². The summed E-state index contributed by atoms with van der Waals surface area (Å²) in [6.07, 6.45) is 6.92. The molecule has 0 amide bonds. The van der Waals surface area contributed by atoms with Crippen molar-refractivity contribution in [3.05, 3.63) is 30.0 Å². The number of piperidine rings is 1. The zero-order valence-electron chi connectivity index (χ0n) is 17.1. The first-order valence-corrected chi connectivity index (χ1v) is 11.4. The maximum Gasteiger partial charge on any atom is 0.456 e. The van der Waals surface area contributed by atoms with Crippen LogP contribution < -0.4 is 10.0 Å². The van der Waals surface area contributed by atoms with Crippen molar-refractivity contribution in [2.24, 2.45) is 13.0 Å². The van der Waals surface area contributed by atoms with Crippen LogP contribution in [-0.4, -0.2) is 47.1 Å². The van der Waals surface area contributed by atoms with Crippen LogP contribution in [0.25, 0.3) is 10.9 Å². The summed E-state index contributed by atoms with van der Waals surface area (Å²) in [5.74, 6) is 0.586. The van der Waals surface area contributed by atoms with Crippen molar-refractivity contribution < 1.29 is 17.9 Å². The van der Waals surface area contributed by atoms with Crippen molar-refractivity contribution in [1.29, 1.82) is 0 Å². The summed E-state index contributed by atoms with van der Waals surface area (Å²) in [5.41, 5.74) is -1.75. The minimum Gasteiger partial charge on any atom is -0.378 e. The predicted octanol–water partition coefficient (Wildman–Crippen LogP) is 4.35. The highest BCUT2D eigenvalue weighted by Gasteiger charge is 2.34. The van der Waals surface area contributed by atoms with E-state index in [1.807, 2.05) is 17.9 Å². The van der Waals surface area contributed by atoms with Gasteiger partial charge in [-0.15, -0.1) is 0 Å². The number of ether oxygens (including phenoxy) is 1. The zero-order chi connectivity index (χ0) is 21.1. The molecular formula is C21H29F3N4OS. The summed E-state index contributed by atoms with van der Waals surface area (Å²) in [6, 6.07) is 6.41. The monoisotopic (exact) mass is 442 g/mol. The fourth-order valence-corrected chi connectivity index (χ4v) is 5.25. The number of nitrogens with one attached hydrogen (secondary N) is 2. The first-order valence-electron chi connectivity index (χ1n) is 10.6. The molecular weight excluding hydrogens is 413 g/mol. The molecule has 166 valence electrons. The van der Waals surface area contributed by atoms with Crippen molar-refractivity contribution in [2.45, 2.75) is 55.7 Å². The second-order valence-corrected chi connectivity index (χ2v) is 9.32. The number of rotatable bonds is 6. The van der Waals surface area contributed by atoms with Gasteiger partial charge in [-0.25, -0.2) is 0 Å². The quantitative estimate of drug-likeness (QED) is 0.652. The van der Waals surface area contributed by atoms with Gasteiger partial charge in [0.1, 0.15) is 0 Å². The van der Waals surface area contributed by atoms with E-state index in [9.17, 15) is 13.2 Å². The number of fused-ring (bicyclic) bond motifs is 1. The Morgan fingerprint density at radius 2 is 2.03 bits per heavy atom. The standard InChI is InChI=1S/C21H29F3N4OS/c1-28-20-7-4-15(10-16(20)12-26-28)14-2-5-18(6-3-14)29-13-17-11-25-9-8-19(17)27-30-21(22,23)24/h4,7,10,12,14,17-19,25,27H,2-3,5-6,8-9,11,13H2,1H3. The summed E-state index contributed by atoms with van der Waals surface area (Å²) in [5, 5.41) is 8.77. The minimum atomic E-state index is -4.26. The molecule has 0 bridgehead atoms. The van der Waals surface area contributed by atoms with Crippen LogP contribution in [0.5, 0.6) is 0 Å². The van der Waals surface area contributed by atoms with Crippen LogP contribution in [0.1, 0.15) is 43.6 Å². The molecule has 1 aliphatic carbocycles. The van der Waals surface area contributed by atoms with Gasteiger partial charge in [0.05, 0.1) is 24.4 Å². The molecule has 1 saturated carbocycles. The third-order valence-corrected chi connectivity index (χ3v) is 7.05. The van der Waals surface area contributed by atoms with Gasteiger partial charge < -0.3 is 10.1 Å².